The second kappa shape index (κ2) is 8.60. The van der Waals surface area contributed by atoms with Gasteiger partial charge in [0.15, 0.2) is 0 Å². The van der Waals surface area contributed by atoms with Crippen LogP contribution in [0.25, 0.3) is 0 Å². The van der Waals surface area contributed by atoms with E-state index >= 15 is 0 Å². The molecule has 18 heavy (non-hydrogen) atoms. The van der Waals surface area contributed by atoms with Gasteiger partial charge in [-0.3, -0.25) is 0 Å². The molecule has 0 fully saturated rings. The summed E-state index contributed by atoms with van der Waals surface area (Å²) < 4.78 is 0. The molecule has 1 aromatic rings. The van der Waals surface area contributed by atoms with Gasteiger partial charge < -0.3 is 5.32 Å². The zero-order valence-corrected chi connectivity index (χ0v) is 13.0. The lowest BCUT2D eigenvalue weighted by molar-refractivity contribution is 0.278. The van der Waals surface area contributed by atoms with Gasteiger partial charge in [0, 0.05) is 17.2 Å². The van der Waals surface area contributed by atoms with Crippen molar-refractivity contribution in [2.45, 2.75) is 32.6 Å². The Hall–Kier alpha value is -0.470. The van der Waals surface area contributed by atoms with Gasteiger partial charge in [0.25, 0.3) is 0 Å². The maximum absolute atomic E-state index is 3.60. The van der Waals surface area contributed by atoms with E-state index in [1.54, 1.807) is 0 Å². The van der Waals surface area contributed by atoms with E-state index in [0.717, 1.165) is 36.6 Å². The SMILES string of the molecule is CC(C)C(CNCCSc1ccccc1)C(C)C. The van der Waals surface area contributed by atoms with Crippen molar-refractivity contribution < 1.29 is 0 Å². The van der Waals surface area contributed by atoms with Crippen LogP contribution in [0.4, 0.5) is 0 Å². The molecule has 2 heteroatoms. The Labute approximate surface area is 117 Å². The molecule has 0 aliphatic heterocycles. The van der Waals surface area contributed by atoms with Gasteiger partial charge in [0.2, 0.25) is 0 Å². The molecule has 0 spiro atoms. The number of benzene rings is 1. The first-order valence-corrected chi connectivity index (χ1v) is 7.98. The van der Waals surface area contributed by atoms with E-state index < -0.39 is 0 Å². The molecule has 0 saturated carbocycles. The van der Waals surface area contributed by atoms with Gasteiger partial charge >= 0.3 is 0 Å². The molecule has 1 rings (SSSR count). The van der Waals surface area contributed by atoms with E-state index in [-0.39, 0.29) is 0 Å². The highest BCUT2D eigenvalue weighted by molar-refractivity contribution is 7.99. The normalized spacial score (nSPS) is 11.7. The van der Waals surface area contributed by atoms with Crippen LogP contribution in [0.2, 0.25) is 0 Å². The van der Waals surface area contributed by atoms with Gasteiger partial charge in [-0.25, -0.2) is 0 Å². The zero-order valence-electron chi connectivity index (χ0n) is 12.1. The Morgan fingerprint density at radius 1 is 1.00 bits per heavy atom. The van der Waals surface area contributed by atoms with Crippen molar-refractivity contribution in [1.82, 2.24) is 5.32 Å². The van der Waals surface area contributed by atoms with Gasteiger partial charge in [-0.15, -0.1) is 11.8 Å². The highest BCUT2D eigenvalue weighted by Gasteiger charge is 2.16. The van der Waals surface area contributed by atoms with Crippen LogP contribution in [0, 0.1) is 17.8 Å². The van der Waals surface area contributed by atoms with Crippen LogP contribution in [0.5, 0.6) is 0 Å². The molecule has 1 aromatic carbocycles. The number of hydrogen-bond acceptors (Lipinski definition) is 2. The molecule has 1 nitrogen and oxygen atoms in total. The van der Waals surface area contributed by atoms with E-state index in [4.69, 9.17) is 0 Å². The molecule has 0 bridgehead atoms. The van der Waals surface area contributed by atoms with E-state index in [0.29, 0.717) is 0 Å². The van der Waals surface area contributed by atoms with Gasteiger partial charge in [0.05, 0.1) is 0 Å². The summed E-state index contributed by atoms with van der Waals surface area (Å²) in [5.74, 6) is 3.46. The molecule has 0 amide bonds. The predicted octanol–water partition coefficient (Wildman–Crippen LogP) is 4.30. The lowest BCUT2D eigenvalue weighted by atomic mass is 9.85. The van der Waals surface area contributed by atoms with Crippen molar-refractivity contribution >= 4 is 11.8 Å². The van der Waals surface area contributed by atoms with Crippen LogP contribution >= 0.6 is 11.8 Å². The van der Waals surface area contributed by atoms with E-state index in [2.05, 4.69) is 63.3 Å². The maximum atomic E-state index is 3.60. The summed E-state index contributed by atoms with van der Waals surface area (Å²) in [6.07, 6.45) is 0. The number of rotatable bonds is 8. The van der Waals surface area contributed by atoms with Crippen LogP contribution in [-0.4, -0.2) is 18.8 Å². The minimum atomic E-state index is 0.763. The third kappa shape index (κ3) is 5.92. The molecule has 102 valence electrons. The van der Waals surface area contributed by atoms with Crippen molar-refractivity contribution in [3.05, 3.63) is 30.3 Å². The summed E-state index contributed by atoms with van der Waals surface area (Å²) in [4.78, 5) is 1.36. The van der Waals surface area contributed by atoms with Gasteiger partial charge in [-0.2, -0.15) is 0 Å². The van der Waals surface area contributed by atoms with Crippen molar-refractivity contribution in [1.29, 1.82) is 0 Å². The fourth-order valence-electron chi connectivity index (χ4n) is 2.27. The highest BCUT2D eigenvalue weighted by atomic mass is 32.2. The van der Waals surface area contributed by atoms with Crippen LogP contribution < -0.4 is 5.32 Å². The molecule has 1 N–H and O–H groups in total. The van der Waals surface area contributed by atoms with Gasteiger partial charge in [0.1, 0.15) is 0 Å². The topological polar surface area (TPSA) is 12.0 Å². The van der Waals surface area contributed by atoms with Crippen molar-refractivity contribution in [3.8, 4) is 0 Å². The Kier molecular flexibility index (Phi) is 7.45. The quantitative estimate of drug-likeness (QED) is 0.555. The van der Waals surface area contributed by atoms with Crippen LogP contribution in [0.15, 0.2) is 35.2 Å². The maximum Gasteiger partial charge on any atom is 0.0106 e. The first-order chi connectivity index (χ1) is 8.61. The van der Waals surface area contributed by atoms with Gasteiger partial charge in [-0.05, 0) is 36.4 Å². The highest BCUT2D eigenvalue weighted by Crippen LogP contribution is 2.19. The monoisotopic (exact) mass is 265 g/mol. The summed E-state index contributed by atoms with van der Waals surface area (Å²) >= 11 is 1.93. The zero-order chi connectivity index (χ0) is 13.4. The number of nitrogens with one attached hydrogen (secondary N) is 1. The molecule has 0 aliphatic carbocycles. The summed E-state index contributed by atoms with van der Waals surface area (Å²) in [6, 6.07) is 10.6. The molecule has 0 aromatic heterocycles. The minimum Gasteiger partial charge on any atom is -0.316 e. The molecule has 0 radical (unpaired) electrons. The Bertz CT molecular complexity index is 300. The fourth-order valence-corrected chi connectivity index (χ4v) is 3.10. The van der Waals surface area contributed by atoms with Crippen molar-refractivity contribution in [3.63, 3.8) is 0 Å². The standard InChI is InChI=1S/C16H27NS/c1-13(2)16(14(3)4)12-17-10-11-18-15-8-6-5-7-9-15/h5-9,13-14,16-17H,10-12H2,1-4H3. The Morgan fingerprint density at radius 2 is 1.61 bits per heavy atom. The third-order valence-electron chi connectivity index (χ3n) is 3.38. The summed E-state index contributed by atoms with van der Waals surface area (Å²) in [7, 11) is 0. The number of hydrogen-bond donors (Lipinski definition) is 1. The fraction of sp³-hybridized carbons (Fsp3) is 0.625. The second-order valence-electron chi connectivity index (χ2n) is 5.52. The summed E-state index contributed by atoms with van der Waals surface area (Å²) in [5.41, 5.74) is 0. The van der Waals surface area contributed by atoms with Crippen LogP contribution in [0.1, 0.15) is 27.7 Å². The number of thioether (sulfide) groups is 1. The lowest BCUT2D eigenvalue weighted by Gasteiger charge is -2.25. The summed E-state index contributed by atoms with van der Waals surface area (Å²) in [5, 5.41) is 3.60. The van der Waals surface area contributed by atoms with E-state index in [9.17, 15) is 0 Å². The van der Waals surface area contributed by atoms with E-state index in [1.807, 2.05) is 11.8 Å². The second-order valence-corrected chi connectivity index (χ2v) is 6.69. The average Bonchev–Trinajstić information content (AvgIpc) is 2.34. The largest absolute Gasteiger partial charge is 0.316 e. The third-order valence-corrected chi connectivity index (χ3v) is 4.40. The predicted molar refractivity (Wildman–Crippen MR) is 83.2 cm³/mol. The average molecular weight is 265 g/mol. The van der Waals surface area contributed by atoms with Crippen LogP contribution in [-0.2, 0) is 0 Å². The summed E-state index contributed by atoms with van der Waals surface area (Å²) in [6.45, 7) is 11.5. The van der Waals surface area contributed by atoms with Crippen molar-refractivity contribution in [2.24, 2.45) is 17.8 Å². The van der Waals surface area contributed by atoms with Crippen molar-refractivity contribution in [2.75, 3.05) is 18.8 Å². The molecular weight excluding hydrogens is 238 g/mol. The van der Waals surface area contributed by atoms with Crippen LogP contribution in [0.3, 0.4) is 0 Å². The minimum absolute atomic E-state index is 0.763. The molecule has 0 aliphatic rings. The van der Waals surface area contributed by atoms with E-state index in [1.165, 1.54) is 4.90 Å². The molecule has 0 saturated heterocycles. The smallest absolute Gasteiger partial charge is 0.0106 e. The lowest BCUT2D eigenvalue weighted by Crippen LogP contribution is -2.31. The first kappa shape index (κ1) is 15.6. The molecule has 0 unspecified atom stereocenters. The Morgan fingerprint density at radius 3 is 2.17 bits per heavy atom. The first-order valence-electron chi connectivity index (χ1n) is 6.99. The molecular formula is C16H27NS. The molecule has 0 heterocycles. The molecule has 0 atom stereocenters. The van der Waals surface area contributed by atoms with Gasteiger partial charge in [-0.1, -0.05) is 45.9 Å². The Balaban J connectivity index is 2.15.